The highest BCUT2D eigenvalue weighted by Crippen LogP contribution is 2.30. The van der Waals surface area contributed by atoms with Crippen LogP contribution in [0.2, 0.25) is 0 Å². The lowest BCUT2D eigenvalue weighted by atomic mass is 10.2. The summed E-state index contributed by atoms with van der Waals surface area (Å²) in [5.41, 5.74) is 0.270. The Morgan fingerprint density at radius 2 is 1.50 bits per heavy atom. The fraction of sp³-hybridized carbons (Fsp3) is 0.188. The van der Waals surface area contributed by atoms with Gasteiger partial charge in [0.1, 0.15) is 17.2 Å². The van der Waals surface area contributed by atoms with E-state index in [2.05, 4.69) is 0 Å². The minimum Gasteiger partial charge on any atom is -0.504 e. The molecule has 0 amide bonds. The summed E-state index contributed by atoms with van der Waals surface area (Å²) in [5.74, 6) is 0.735. The van der Waals surface area contributed by atoms with Gasteiger partial charge in [0.2, 0.25) is 0 Å². The summed E-state index contributed by atoms with van der Waals surface area (Å²) in [7, 11) is 4.42. The van der Waals surface area contributed by atoms with Crippen LogP contribution in [0, 0.1) is 0 Å². The third-order valence-corrected chi connectivity index (χ3v) is 2.95. The molecule has 0 heterocycles. The van der Waals surface area contributed by atoms with Gasteiger partial charge >= 0.3 is 5.97 Å². The average Bonchev–Trinajstić information content (AvgIpc) is 2.54. The van der Waals surface area contributed by atoms with Crippen LogP contribution >= 0.6 is 0 Å². The Hall–Kier alpha value is -2.89. The summed E-state index contributed by atoms with van der Waals surface area (Å²) in [4.78, 5) is 12.2. The van der Waals surface area contributed by atoms with Crippen LogP contribution in [0.25, 0.3) is 0 Å². The van der Waals surface area contributed by atoms with Crippen molar-refractivity contribution < 1.29 is 28.8 Å². The van der Waals surface area contributed by atoms with Crippen LogP contribution in [-0.4, -0.2) is 32.4 Å². The second-order valence-electron chi connectivity index (χ2n) is 4.32. The lowest BCUT2D eigenvalue weighted by Crippen LogP contribution is -2.09. The summed E-state index contributed by atoms with van der Waals surface area (Å²) in [5, 5.41) is 9.68. The molecule has 0 fully saturated rings. The largest absolute Gasteiger partial charge is 0.504 e. The lowest BCUT2D eigenvalue weighted by molar-refractivity contribution is 0.0733. The van der Waals surface area contributed by atoms with Crippen molar-refractivity contribution in [3.05, 3.63) is 42.0 Å². The van der Waals surface area contributed by atoms with Crippen LogP contribution in [0.5, 0.6) is 28.7 Å². The first-order valence-electron chi connectivity index (χ1n) is 6.39. The van der Waals surface area contributed by atoms with Crippen LogP contribution in [0.3, 0.4) is 0 Å². The number of esters is 1. The van der Waals surface area contributed by atoms with Gasteiger partial charge in [-0.05, 0) is 24.3 Å². The van der Waals surface area contributed by atoms with Crippen molar-refractivity contribution >= 4 is 5.97 Å². The molecule has 0 atom stereocenters. The van der Waals surface area contributed by atoms with E-state index in [4.69, 9.17) is 18.9 Å². The van der Waals surface area contributed by atoms with E-state index >= 15 is 0 Å². The smallest absolute Gasteiger partial charge is 0.343 e. The predicted octanol–water partition coefficient (Wildman–Crippen LogP) is 2.64. The lowest BCUT2D eigenvalue weighted by Gasteiger charge is -2.09. The van der Waals surface area contributed by atoms with Gasteiger partial charge in [-0.1, -0.05) is 0 Å². The number of carbonyl (C=O) groups excluding carboxylic acids is 1. The highest BCUT2D eigenvalue weighted by atomic mass is 16.5. The molecule has 22 heavy (non-hydrogen) atoms. The third kappa shape index (κ3) is 3.41. The molecule has 0 aliphatic rings. The first-order valence-corrected chi connectivity index (χ1v) is 6.39. The molecule has 0 saturated heterocycles. The highest BCUT2D eigenvalue weighted by molar-refractivity contribution is 5.92. The van der Waals surface area contributed by atoms with Crippen molar-refractivity contribution in [3.8, 4) is 28.7 Å². The quantitative estimate of drug-likeness (QED) is 0.676. The van der Waals surface area contributed by atoms with Gasteiger partial charge in [0.25, 0.3) is 0 Å². The molecule has 2 rings (SSSR count). The molecule has 6 heteroatoms. The van der Waals surface area contributed by atoms with Crippen molar-refractivity contribution in [2.75, 3.05) is 21.3 Å². The molecule has 0 aliphatic heterocycles. The first-order chi connectivity index (χ1) is 10.6. The maximum Gasteiger partial charge on any atom is 0.343 e. The summed E-state index contributed by atoms with van der Waals surface area (Å²) >= 11 is 0. The fourth-order valence-corrected chi connectivity index (χ4v) is 1.82. The molecule has 0 saturated carbocycles. The zero-order valence-electron chi connectivity index (χ0n) is 12.5. The maximum atomic E-state index is 12.2. The first kappa shape index (κ1) is 15.5. The van der Waals surface area contributed by atoms with Gasteiger partial charge in [0.05, 0.1) is 26.9 Å². The van der Waals surface area contributed by atoms with Crippen LogP contribution in [-0.2, 0) is 0 Å². The number of ether oxygens (including phenoxy) is 4. The van der Waals surface area contributed by atoms with Gasteiger partial charge in [-0.25, -0.2) is 4.79 Å². The van der Waals surface area contributed by atoms with Gasteiger partial charge in [0.15, 0.2) is 11.5 Å². The van der Waals surface area contributed by atoms with Crippen LogP contribution < -0.4 is 18.9 Å². The van der Waals surface area contributed by atoms with Gasteiger partial charge in [-0.3, -0.25) is 0 Å². The molecule has 1 N–H and O–H groups in total. The normalized spacial score (nSPS) is 9.95. The number of benzene rings is 2. The average molecular weight is 304 g/mol. The Morgan fingerprint density at radius 1 is 0.864 bits per heavy atom. The van der Waals surface area contributed by atoms with Gasteiger partial charge < -0.3 is 24.1 Å². The van der Waals surface area contributed by atoms with Crippen LogP contribution in [0.4, 0.5) is 0 Å². The van der Waals surface area contributed by atoms with E-state index in [-0.39, 0.29) is 17.1 Å². The van der Waals surface area contributed by atoms with Crippen molar-refractivity contribution in [1.82, 2.24) is 0 Å². The summed E-state index contributed by atoms with van der Waals surface area (Å²) < 4.78 is 20.3. The number of phenolic OH excluding ortho intramolecular Hbond substituents is 1. The Morgan fingerprint density at radius 3 is 2.00 bits per heavy atom. The second-order valence-corrected chi connectivity index (χ2v) is 4.32. The number of aromatic hydroxyl groups is 1. The molecule has 6 nitrogen and oxygen atoms in total. The summed E-state index contributed by atoms with van der Waals surface area (Å²) in [6.45, 7) is 0. The third-order valence-electron chi connectivity index (χ3n) is 2.95. The number of carbonyl (C=O) groups is 1. The molecule has 2 aromatic rings. The maximum absolute atomic E-state index is 12.2. The Balaban J connectivity index is 2.23. The molecule has 0 unspecified atom stereocenters. The number of rotatable bonds is 5. The summed E-state index contributed by atoms with van der Waals surface area (Å²) in [6, 6.07) is 9.05. The highest BCUT2D eigenvalue weighted by Gasteiger charge is 2.13. The van der Waals surface area contributed by atoms with Crippen molar-refractivity contribution in [3.63, 3.8) is 0 Å². The van der Waals surface area contributed by atoms with E-state index in [9.17, 15) is 9.90 Å². The second kappa shape index (κ2) is 6.71. The number of phenols is 1. The Bertz CT molecular complexity index is 658. The van der Waals surface area contributed by atoms with Crippen molar-refractivity contribution in [1.29, 1.82) is 0 Å². The SMILES string of the molecule is COc1cc(OC)cc(C(=O)Oc2ccc(OC)c(O)c2)c1. The molecule has 0 aliphatic carbocycles. The number of hydrogen-bond acceptors (Lipinski definition) is 6. The zero-order valence-corrected chi connectivity index (χ0v) is 12.5. The monoisotopic (exact) mass is 304 g/mol. The van der Waals surface area contributed by atoms with E-state index in [0.29, 0.717) is 17.2 Å². The van der Waals surface area contributed by atoms with E-state index in [0.717, 1.165) is 0 Å². The Kier molecular flexibility index (Phi) is 4.73. The molecular formula is C16H16O6. The van der Waals surface area contributed by atoms with E-state index in [1.807, 2.05) is 0 Å². The molecule has 0 bridgehead atoms. The van der Waals surface area contributed by atoms with E-state index < -0.39 is 5.97 Å². The van der Waals surface area contributed by atoms with Gasteiger partial charge in [-0.15, -0.1) is 0 Å². The standard InChI is InChI=1S/C16H16O6/c1-19-12-6-10(7-13(8-12)20-2)16(18)22-11-4-5-15(21-3)14(17)9-11/h4-9,17H,1-3H3. The van der Waals surface area contributed by atoms with Crippen molar-refractivity contribution in [2.24, 2.45) is 0 Å². The minimum atomic E-state index is -0.596. The van der Waals surface area contributed by atoms with Gasteiger partial charge in [-0.2, -0.15) is 0 Å². The predicted molar refractivity (Wildman–Crippen MR) is 79.2 cm³/mol. The molecule has 2 aromatic carbocycles. The Labute approximate surface area is 127 Å². The molecule has 0 aromatic heterocycles. The number of hydrogen-bond donors (Lipinski definition) is 1. The van der Waals surface area contributed by atoms with Crippen molar-refractivity contribution in [2.45, 2.75) is 0 Å². The van der Waals surface area contributed by atoms with Crippen LogP contribution in [0.1, 0.15) is 10.4 Å². The minimum absolute atomic E-state index is 0.115. The molecular weight excluding hydrogens is 288 g/mol. The van der Waals surface area contributed by atoms with Gasteiger partial charge in [0, 0.05) is 12.1 Å². The summed E-state index contributed by atoms with van der Waals surface area (Å²) in [6.07, 6.45) is 0. The fourth-order valence-electron chi connectivity index (χ4n) is 1.82. The van der Waals surface area contributed by atoms with E-state index in [1.165, 1.54) is 51.7 Å². The van der Waals surface area contributed by atoms with E-state index in [1.54, 1.807) is 6.07 Å². The molecule has 0 spiro atoms. The van der Waals surface area contributed by atoms with Crippen LogP contribution in [0.15, 0.2) is 36.4 Å². The molecule has 0 radical (unpaired) electrons. The zero-order chi connectivity index (χ0) is 16.1. The molecule has 116 valence electrons. The number of methoxy groups -OCH3 is 3. The topological polar surface area (TPSA) is 74.2 Å².